The van der Waals surface area contributed by atoms with Crippen molar-refractivity contribution in [2.75, 3.05) is 0 Å². The van der Waals surface area contributed by atoms with E-state index in [1.54, 1.807) is 0 Å². The predicted octanol–water partition coefficient (Wildman–Crippen LogP) is 2.45. The molecule has 14 heavy (non-hydrogen) atoms. The second-order valence-electron chi connectivity index (χ2n) is 5.79. The van der Waals surface area contributed by atoms with Crippen LogP contribution in [0.25, 0.3) is 0 Å². The Morgan fingerprint density at radius 3 is 1.93 bits per heavy atom. The fraction of sp³-hybridized carbons (Fsp3) is 1.00. The maximum Gasteiger partial charge on any atom is 0.0767 e. The number of hydrogen-bond acceptors (Lipinski definition) is 2. The van der Waals surface area contributed by atoms with E-state index >= 15 is 0 Å². The van der Waals surface area contributed by atoms with E-state index in [0.717, 1.165) is 12.8 Å². The van der Waals surface area contributed by atoms with E-state index in [4.69, 9.17) is 5.73 Å². The summed E-state index contributed by atoms with van der Waals surface area (Å²) in [6.45, 7) is 6.04. The maximum atomic E-state index is 10.3. The molecule has 2 nitrogen and oxygen atoms in total. The Bertz CT molecular complexity index is 175. The Labute approximate surface area is 87.9 Å². The van der Waals surface area contributed by atoms with Crippen LogP contribution in [-0.4, -0.2) is 16.7 Å². The van der Waals surface area contributed by atoms with Gasteiger partial charge in [-0.15, -0.1) is 0 Å². The molecule has 1 rings (SSSR count). The molecule has 0 saturated heterocycles. The summed E-state index contributed by atoms with van der Waals surface area (Å²) in [4.78, 5) is 0. The lowest BCUT2D eigenvalue weighted by Gasteiger charge is -2.41. The molecule has 0 heterocycles. The largest absolute Gasteiger partial charge is 0.391 e. The van der Waals surface area contributed by atoms with Crippen LogP contribution in [0.2, 0.25) is 0 Å². The van der Waals surface area contributed by atoms with Gasteiger partial charge in [0.1, 0.15) is 0 Å². The summed E-state index contributed by atoms with van der Waals surface area (Å²) < 4.78 is 0. The van der Waals surface area contributed by atoms with Gasteiger partial charge in [-0.3, -0.25) is 0 Å². The topological polar surface area (TPSA) is 46.2 Å². The Kier molecular flexibility index (Phi) is 3.59. The smallest absolute Gasteiger partial charge is 0.0767 e. The highest BCUT2D eigenvalue weighted by atomic mass is 16.3. The number of hydrogen-bond donors (Lipinski definition) is 2. The molecule has 0 spiro atoms. The summed E-state index contributed by atoms with van der Waals surface area (Å²) in [7, 11) is 0. The minimum absolute atomic E-state index is 0.0365. The molecular weight excluding hydrogens is 174 g/mol. The third-order valence-electron chi connectivity index (χ3n) is 3.61. The number of nitrogens with two attached hydrogens (primary N) is 1. The van der Waals surface area contributed by atoms with Gasteiger partial charge in [-0.05, 0) is 32.1 Å². The first kappa shape index (κ1) is 12.0. The Morgan fingerprint density at radius 2 is 1.57 bits per heavy atom. The molecule has 0 aromatic heterocycles. The fourth-order valence-corrected chi connectivity index (χ4v) is 2.71. The molecule has 1 aliphatic rings. The van der Waals surface area contributed by atoms with Crippen molar-refractivity contribution in [3.05, 3.63) is 0 Å². The lowest BCUT2D eigenvalue weighted by molar-refractivity contribution is -0.0204. The number of rotatable bonds is 2. The molecule has 0 aliphatic heterocycles. The monoisotopic (exact) mass is 199 g/mol. The van der Waals surface area contributed by atoms with Gasteiger partial charge in [-0.1, -0.05) is 32.6 Å². The third kappa shape index (κ3) is 2.71. The average Bonchev–Trinajstić information content (AvgIpc) is 2.28. The number of aliphatic hydroxyl groups is 1. The molecule has 1 saturated carbocycles. The van der Waals surface area contributed by atoms with Crippen molar-refractivity contribution in [1.29, 1.82) is 0 Å². The van der Waals surface area contributed by atoms with E-state index in [1.807, 2.05) is 13.8 Å². The van der Waals surface area contributed by atoms with Crippen molar-refractivity contribution in [2.24, 2.45) is 11.1 Å². The van der Waals surface area contributed by atoms with Gasteiger partial charge < -0.3 is 10.8 Å². The number of aliphatic hydroxyl groups excluding tert-OH is 1. The first-order chi connectivity index (χ1) is 6.36. The molecule has 0 aromatic rings. The van der Waals surface area contributed by atoms with Crippen molar-refractivity contribution >= 4 is 0 Å². The van der Waals surface area contributed by atoms with Crippen molar-refractivity contribution in [2.45, 2.75) is 70.9 Å². The molecule has 1 fully saturated rings. The van der Waals surface area contributed by atoms with Gasteiger partial charge in [-0.2, -0.15) is 0 Å². The zero-order valence-electron chi connectivity index (χ0n) is 9.84. The minimum atomic E-state index is -0.473. The van der Waals surface area contributed by atoms with E-state index in [9.17, 15) is 5.11 Å². The molecule has 0 bridgehead atoms. The van der Waals surface area contributed by atoms with Crippen molar-refractivity contribution < 1.29 is 5.11 Å². The minimum Gasteiger partial charge on any atom is -0.391 e. The van der Waals surface area contributed by atoms with E-state index in [2.05, 4.69) is 6.92 Å². The highest BCUT2D eigenvalue weighted by Gasteiger charge is 2.40. The Hall–Kier alpha value is -0.0800. The maximum absolute atomic E-state index is 10.3. The summed E-state index contributed by atoms with van der Waals surface area (Å²) in [5.74, 6) is 0. The molecule has 3 N–H and O–H groups in total. The third-order valence-corrected chi connectivity index (χ3v) is 3.61. The molecule has 1 aliphatic carbocycles. The molecule has 0 radical (unpaired) electrons. The molecule has 1 unspecified atom stereocenters. The fourth-order valence-electron chi connectivity index (χ4n) is 2.71. The second kappa shape index (κ2) is 4.19. The first-order valence-electron chi connectivity index (χ1n) is 5.83. The Morgan fingerprint density at radius 1 is 1.14 bits per heavy atom. The van der Waals surface area contributed by atoms with Crippen molar-refractivity contribution in [1.82, 2.24) is 0 Å². The molecule has 2 heteroatoms. The van der Waals surface area contributed by atoms with Crippen LogP contribution in [0.1, 0.15) is 59.3 Å². The van der Waals surface area contributed by atoms with Gasteiger partial charge in [-0.25, -0.2) is 0 Å². The lowest BCUT2D eigenvalue weighted by Crippen LogP contribution is -2.53. The zero-order chi connectivity index (χ0) is 10.8. The van der Waals surface area contributed by atoms with Gasteiger partial charge >= 0.3 is 0 Å². The lowest BCUT2D eigenvalue weighted by atomic mass is 9.71. The highest BCUT2D eigenvalue weighted by Crippen LogP contribution is 2.40. The van der Waals surface area contributed by atoms with E-state index in [0.29, 0.717) is 0 Å². The molecule has 0 amide bonds. The molecule has 1 atom stereocenters. The molecule has 84 valence electrons. The SMILES string of the molecule is CC(C)(N)C(O)C1(C)CCCCCC1. The van der Waals surface area contributed by atoms with Gasteiger partial charge in [0.2, 0.25) is 0 Å². The summed E-state index contributed by atoms with van der Waals surface area (Å²) in [5, 5.41) is 10.3. The zero-order valence-corrected chi connectivity index (χ0v) is 9.84. The van der Waals surface area contributed by atoms with Crippen LogP contribution >= 0.6 is 0 Å². The average molecular weight is 199 g/mol. The summed E-state index contributed by atoms with van der Waals surface area (Å²) in [6, 6.07) is 0. The van der Waals surface area contributed by atoms with Gasteiger partial charge in [0.25, 0.3) is 0 Å². The van der Waals surface area contributed by atoms with Crippen LogP contribution in [0.4, 0.5) is 0 Å². The second-order valence-corrected chi connectivity index (χ2v) is 5.79. The summed E-state index contributed by atoms with van der Waals surface area (Å²) in [5.41, 5.74) is 5.56. The molecule has 0 aromatic carbocycles. The predicted molar refractivity (Wildman–Crippen MR) is 60.1 cm³/mol. The summed E-state index contributed by atoms with van der Waals surface area (Å²) >= 11 is 0. The highest BCUT2D eigenvalue weighted by molar-refractivity contribution is 4.95. The van der Waals surface area contributed by atoms with Gasteiger partial charge in [0, 0.05) is 5.54 Å². The normalized spacial score (nSPS) is 25.5. The van der Waals surface area contributed by atoms with Gasteiger partial charge in [0.05, 0.1) is 6.10 Å². The van der Waals surface area contributed by atoms with Crippen LogP contribution in [-0.2, 0) is 0 Å². The van der Waals surface area contributed by atoms with E-state index in [-0.39, 0.29) is 11.5 Å². The van der Waals surface area contributed by atoms with Crippen molar-refractivity contribution in [3.8, 4) is 0 Å². The van der Waals surface area contributed by atoms with Gasteiger partial charge in [0.15, 0.2) is 0 Å². The first-order valence-corrected chi connectivity index (χ1v) is 5.83. The standard InChI is InChI=1S/C12H25NO/c1-11(2,13)10(14)12(3)8-6-4-5-7-9-12/h10,14H,4-9,13H2,1-3H3. The van der Waals surface area contributed by atoms with E-state index < -0.39 is 5.54 Å². The van der Waals surface area contributed by atoms with Crippen LogP contribution < -0.4 is 5.73 Å². The quantitative estimate of drug-likeness (QED) is 0.671. The van der Waals surface area contributed by atoms with Crippen LogP contribution in [0.15, 0.2) is 0 Å². The summed E-state index contributed by atoms with van der Waals surface area (Å²) in [6.07, 6.45) is 6.96. The van der Waals surface area contributed by atoms with Crippen LogP contribution in [0.3, 0.4) is 0 Å². The Balaban J connectivity index is 2.70. The molecular formula is C12H25NO. The van der Waals surface area contributed by atoms with E-state index in [1.165, 1.54) is 25.7 Å². The van der Waals surface area contributed by atoms with Crippen LogP contribution in [0.5, 0.6) is 0 Å². The van der Waals surface area contributed by atoms with Crippen LogP contribution in [0, 0.1) is 5.41 Å². The van der Waals surface area contributed by atoms with Crippen molar-refractivity contribution in [3.63, 3.8) is 0 Å².